The van der Waals surface area contributed by atoms with Gasteiger partial charge in [0.2, 0.25) is 5.91 Å². The van der Waals surface area contributed by atoms with Gasteiger partial charge >= 0.3 is 5.69 Å². The summed E-state index contributed by atoms with van der Waals surface area (Å²) in [4.78, 5) is 28.6. The second-order valence-electron chi connectivity index (χ2n) is 4.64. The van der Waals surface area contributed by atoms with E-state index in [4.69, 9.17) is 0 Å². The van der Waals surface area contributed by atoms with Crippen molar-refractivity contribution < 1.29 is 4.79 Å². The number of aromatic amines is 2. The topological polar surface area (TPSA) is 89.8 Å². The first-order valence-electron chi connectivity index (χ1n) is 6.06. The predicted octanol–water partition coefficient (Wildman–Crippen LogP) is 1.17. The number of carbonyl (C=O) groups excluding carboxylic acids is 1. The Morgan fingerprint density at radius 3 is 2.74 bits per heavy atom. The van der Waals surface area contributed by atoms with Gasteiger partial charge in [0, 0.05) is 11.0 Å². The van der Waals surface area contributed by atoms with Crippen LogP contribution in [0.3, 0.4) is 0 Å². The highest BCUT2D eigenvalue weighted by Crippen LogP contribution is 2.27. The number of imidazole rings is 1. The molecule has 0 aliphatic carbocycles. The van der Waals surface area contributed by atoms with E-state index >= 15 is 0 Å². The number of H-pyrrole nitrogens is 2. The number of carbonyl (C=O) groups is 1. The Kier molecular flexibility index (Phi) is 3.16. The summed E-state index contributed by atoms with van der Waals surface area (Å²) >= 11 is 3.40. The molecule has 0 radical (unpaired) electrons. The minimum Gasteiger partial charge on any atom is -0.325 e. The highest BCUT2D eigenvalue weighted by atomic mass is 79.9. The first-order valence-corrected chi connectivity index (χ1v) is 6.86. The van der Waals surface area contributed by atoms with Crippen LogP contribution in [0.1, 0.15) is 6.42 Å². The van der Waals surface area contributed by atoms with Gasteiger partial charge in [0.1, 0.15) is 0 Å². The quantitative estimate of drug-likeness (QED) is 0.668. The maximum Gasteiger partial charge on any atom is 0.323 e. The third-order valence-electron chi connectivity index (χ3n) is 3.29. The molecule has 4 N–H and O–H groups in total. The number of amides is 1. The molecule has 1 unspecified atom stereocenters. The molecule has 2 heterocycles. The number of fused-ring (bicyclic) bond motifs is 1. The fourth-order valence-corrected chi connectivity index (χ4v) is 2.71. The van der Waals surface area contributed by atoms with Gasteiger partial charge < -0.3 is 20.6 Å². The van der Waals surface area contributed by atoms with Crippen LogP contribution in [-0.2, 0) is 4.79 Å². The van der Waals surface area contributed by atoms with Crippen LogP contribution in [0.4, 0.5) is 5.69 Å². The number of rotatable bonds is 2. The van der Waals surface area contributed by atoms with Crippen LogP contribution in [0, 0.1) is 5.92 Å². The molecule has 1 saturated heterocycles. The van der Waals surface area contributed by atoms with Crippen molar-refractivity contribution >= 4 is 38.6 Å². The highest BCUT2D eigenvalue weighted by Gasteiger charge is 2.23. The van der Waals surface area contributed by atoms with Crippen molar-refractivity contribution in [1.82, 2.24) is 15.3 Å². The summed E-state index contributed by atoms with van der Waals surface area (Å²) in [6, 6.07) is 3.52. The van der Waals surface area contributed by atoms with Gasteiger partial charge in [-0.2, -0.15) is 0 Å². The molecule has 0 saturated carbocycles. The van der Waals surface area contributed by atoms with Crippen molar-refractivity contribution in [2.75, 3.05) is 18.4 Å². The van der Waals surface area contributed by atoms with Gasteiger partial charge in [0.05, 0.1) is 22.6 Å². The van der Waals surface area contributed by atoms with Crippen LogP contribution in [0.5, 0.6) is 0 Å². The SMILES string of the molecule is O=C(Nc1cc2[nH]c(=O)[nH]c2cc1Br)C1CCNC1. The largest absolute Gasteiger partial charge is 0.325 e. The molecule has 6 nitrogen and oxygen atoms in total. The molecule has 1 aliphatic rings. The van der Waals surface area contributed by atoms with E-state index < -0.39 is 0 Å². The Balaban J connectivity index is 1.89. The van der Waals surface area contributed by atoms with Crippen molar-refractivity contribution in [3.05, 3.63) is 27.1 Å². The van der Waals surface area contributed by atoms with E-state index in [9.17, 15) is 9.59 Å². The highest BCUT2D eigenvalue weighted by molar-refractivity contribution is 9.10. The Morgan fingerprint density at radius 1 is 1.32 bits per heavy atom. The molecule has 3 rings (SSSR count). The summed E-state index contributed by atoms with van der Waals surface area (Å²) in [6.07, 6.45) is 0.854. The summed E-state index contributed by atoms with van der Waals surface area (Å²) in [5.74, 6) is 0.0100. The number of hydrogen-bond acceptors (Lipinski definition) is 3. The van der Waals surface area contributed by atoms with Crippen molar-refractivity contribution in [1.29, 1.82) is 0 Å². The third-order valence-corrected chi connectivity index (χ3v) is 3.95. The third kappa shape index (κ3) is 2.43. The van der Waals surface area contributed by atoms with Crippen LogP contribution in [0.25, 0.3) is 11.0 Å². The summed E-state index contributed by atoms with van der Waals surface area (Å²) in [5, 5.41) is 6.05. The van der Waals surface area contributed by atoms with Gasteiger partial charge in [-0.05, 0) is 41.0 Å². The van der Waals surface area contributed by atoms with Crippen LogP contribution in [0.2, 0.25) is 0 Å². The van der Waals surface area contributed by atoms with E-state index in [0.717, 1.165) is 17.4 Å². The van der Waals surface area contributed by atoms with E-state index in [-0.39, 0.29) is 17.5 Å². The lowest BCUT2D eigenvalue weighted by molar-refractivity contribution is -0.119. The first kappa shape index (κ1) is 12.4. The molecule has 1 atom stereocenters. The van der Waals surface area contributed by atoms with Crippen LogP contribution in [-0.4, -0.2) is 29.0 Å². The van der Waals surface area contributed by atoms with E-state index in [2.05, 4.69) is 36.5 Å². The summed E-state index contributed by atoms with van der Waals surface area (Å²) in [7, 11) is 0. The molecule has 100 valence electrons. The number of halogens is 1. The normalized spacial score (nSPS) is 18.9. The monoisotopic (exact) mass is 324 g/mol. The van der Waals surface area contributed by atoms with E-state index in [1.165, 1.54) is 0 Å². The van der Waals surface area contributed by atoms with Crippen LogP contribution >= 0.6 is 15.9 Å². The van der Waals surface area contributed by atoms with Gasteiger partial charge in [-0.3, -0.25) is 4.79 Å². The van der Waals surface area contributed by atoms with Crippen molar-refractivity contribution in [3.63, 3.8) is 0 Å². The zero-order valence-electron chi connectivity index (χ0n) is 10.0. The maximum atomic E-state index is 12.1. The smallest absolute Gasteiger partial charge is 0.323 e. The van der Waals surface area contributed by atoms with Gasteiger partial charge in [0.15, 0.2) is 0 Å². The molecule has 0 spiro atoms. The first-order chi connectivity index (χ1) is 9.13. The average molecular weight is 325 g/mol. The van der Waals surface area contributed by atoms with Crippen LogP contribution in [0.15, 0.2) is 21.4 Å². The summed E-state index contributed by atoms with van der Waals surface area (Å²) < 4.78 is 0.745. The van der Waals surface area contributed by atoms with E-state index in [1.54, 1.807) is 12.1 Å². The zero-order valence-corrected chi connectivity index (χ0v) is 11.6. The number of hydrogen-bond donors (Lipinski definition) is 4. The summed E-state index contributed by atoms with van der Waals surface area (Å²) in [5.41, 5.74) is 1.79. The molecular formula is C12H13BrN4O2. The average Bonchev–Trinajstić information content (AvgIpc) is 2.97. The molecule has 1 fully saturated rings. The fourth-order valence-electron chi connectivity index (χ4n) is 2.26. The van der Waals surface area contributed by atoms with Gasteiger partial charge in [-0.1, -0.05) is 0 Å². The predicted molar refractivity (Wildman–Crippen MR) is 76.2 cm³/mol. The maximum absolute atomic E-state index is 12.1. The molecular weight excluding hydrogens is 312 g/mol. The second-order valence-corrected chi connectivity index (χ2v) is 5.49. The molecule has 2 aromatic rings. The van der Waals surface area contributed by atoms with Crippen molar-refractivity contribution in [2.45, 2.75) is 6.42 Å². The minimum absolute atomic E-state index is 0.00272. The second kappa shape index (κ2) is 4.82. The molecule has 1 aliphatic heterocycles. The number of aromatic nitrogens is 2. The lowest BCUT2D eigenvalue weighted by atomic mass is 10.1. The van der Waals surface area contributed by atoms with Crippen molar-refractivity contribution in [2.24, 2.45) is 5.92 Å². The van der Waals surface area contributed by atoms with Crippen molar-refractivity contribution in [3.8, 4) is 0 Å². The standard InChI is InChI=1S/C12H13BrN4O2/c13-7-3-9-10(17-12(19)16-9)4-8(7)15-11(18)6-1-2-14-5-6/h3-4,6,14H,1-2,5H2,(H,15,18)(H2,16,17,19). The number of benzene rings is 1. The zero-order chi connectivity index (χ0) is 13.4. The molecule has 0 bridgehead atoms. The number of nitrogens with one attached hydrogen (secondary N) is 4. The lowest BCUT2D eigenvalue weighted by Crippen LogP contribution is -2.24. The Labute approximate surface area is 117 Å². The fraction of sp³-hybridized carbons (Fsp3) is 0.333. The summed E-state index contributed by atoms with van der Waals surface area (Å²) in [6.45, 7) is 1.59. The molecule has 19 heavy (non-hydrogen) atoms. The Bertz CT molecular complexity index is 685. The minimum atomic E-state index is -0.259. The Morgan fingerprint density at radius 2 is 2.05 bits per heavy atom. The van der Waals surface area contributed by atoms with Gasteiger partial charge in [-0.15, -0.1) is 0 Å². The molecule has 1 aromatic heterocycles. The van der Waals surface area contributed by atoms with E-state index in [1.807, 2.05) is 0 Å². The van der Waals surface area contributed by atoms with Crippen LogP contribution < -0.4 is 16.3 Å². The van der Waals surface area contributed by atoms with Gasteiger partial charge in [0.25, 0.3) is 0 Å². The molecule has 1 aromatic carbocycles. The van der Waals surface area contributed by atoms with Gasteiger partial charge in [-0.25, -0.2) is 4.79 Å². The molecule has 1 amide bonds. The van der Waals surface area contributed by atoms with E-state index in [0.29, 0.717) is 23.3 Å². The lowest BCUT2D eigenvalue weighted by Gasteiger charge is -2.11. The molecule has 7 heteroatoms. The number of anilines is 1. The Hall–Kier alpha value is -1.60.